The van der Waals surface area contributed by atoms with E-state index >= 15 is 0 Å². The van der Waals surface area contributed by atoms with Crippen LogP contribution in [0.3, 0.4) is 0 Å². The number of aliphatic hydroxyl groups excluding tert-OH is 1. The van der Waals surface area contributed by atoms with Gasteiger partial charge in [0.1, 0.15) is 6.10 Å². The Bertz CT molecular complexity index is 804. The molecular weight excluding hydrogens is 314 g/mol. The summed E-state index contributed by atoms with van der Waals surface area (Å²) >= 11 is 0. The van der Waals surface area contributed by atoms with Gasteiger partial charge in [0.25, 0.3) is 0 Å². The standard InChI is InChI=1S/C16H21N3O3S/c1-10(2)23(21,22)19-16-13(17)7-8-14(18-16)15(20)12-6-4-5-11(3)9-12/h4-10,15,20H,17H2,1-3H3,(H,18,19). The SMILES string of the molecule is Cc1cccc(C(O)c2ccc(N)c(NS(=O)(=O)C(C)C)n2)c1. The summed E-state index contributed by atoms with van der Waals surface area (Å²) in [5, 5.41) is 9.84. The van der Waals surface area contributed by atoms with E-state index in [1.54, 1.807) is 26.0 Å². The maximum atomic E-state index is 12.0. The van der Waals surface area contributed by atoms with E-state index < -0.39 is 21.4 Å². The monoisotopic (exact) mass is 335 g/mol. The number of nitrogen functional groups attached to an aromatic ring is 1. The minimum Gasteiger partial charge on any atom is -0.396 e. The molecule has 0 saturated carbocycles. The van der Waals surface area contributed by atoms with E-state index in [-0.39, 0.29) is 11.5 Å². The molecule has 0 aliphatic rings. The lowest BCUT2D eigenvalue weighted by Gasteiger charge is -2.16. The van der Waals surface area contributed by atoms with Crippen molar-refractivity contribution >= 4 is 21.5 Å². The molecule has 0 spiro atoms. The fourth-order valence-corrected chi connectivity index (χ4v) is 2.65. The Labute approximate surface area is 136 Å². The quantitative estimate of drug-likeness (QED) is 0.777. The number of aliphatic hydroxyl groups is 1. The van der Waals surface area contributed by atoms with Crippen LogP contribution < -0.4 is 10.5 Å². The summed E-state index contributed by atoms with van der Waals surface area (Å²) in [6.07, 6.45) is -0.960. The number of nitrogens with two attached hydrogens (primary N) is 1. The molecule has 0 fully saturated rings. The lowest BCUT2D eigenvalue weighted by molar-refractivity contribution is 0.215. The summed E-state index contributed by atoms with van der Waals surface area (Å²) < 4.78 is 26.3. The average Bonchev–Trinajstić information content (AvgIpc) is 2.48. The van der Waals surface area contributed by atoms with Crippen LogP contribution in [0.5, 0.6) is 0 Å². The van der Waals surface area contributed by atoms with Crippen LogP contribution in [0, 0.1) is 6.92 Å². The van der Waals surface area contributed by atoms with Crippen molar-refractivity contribution < 1.29 is 13.5 Å². The van der Waals surface area contributed by atoms with Crippen LogP contribution in [0.2, 0.25) is 0 Å². The highest BCUT2D eigenvalue weighted by Crippen LogP contribution is 2.25. The molecule has 23 heavy (non-hydrogen) atoms. The van der Waals surface area contributed by atoms with Crippen LogP contribution in [-0.2, 0) is 10.0 Å². The zero-order valence-corrected chi connectivity index (χ0v) is 14.1. The summed E-state index contributed by atoms with van der Waals surface area (Å²) in [5.74, 6) is 0.0305. The van der Waals surface area contributed by atoms with Gasteiger partial charge in [0.05, 0.1) is 16.6 Å². The number of nitrogens with zero attached hydrogens (tertiary/aromatic N) is 1. The molecule has 2 rings (SSSR count). The lowest BCUT2D eigenvalue weighted by Crippen LogP contribution is -2.24. The molecule has 1 atom stereocenters. The van der Waals surface area contributed by atoms with Crippen molar-refractivity contribution in [2.75, 3.05) is 10.5 Å². The Balaban J connectivity index is 2.37. The first-order valence-corrected chi connectivity index (χ1v) is 8.78. The Morgan fingerprint density at radius 1 is 1.22 bits per heavy atom. The second-order valence-electron chi connectivity index (χ2n) is 5.69. The molecule has 1 aromatic heterocycles. The van der Waals surface area contributed by atoms with Crippen LogP contribution in [0.15, 0.2) is 36.4 Å². The molecule has 0 bridgehead atoms. The topological polar surface area (TPSA) is 105 Å². The number of pyridine rings is 1. The lowest BCUT2D eigenvalue weighted by atomic mass is 10.0. The smallest absolute Gasteiger partial charge is 0.236 e. The number of anilines is 2. The van der Waals surface area contributed by atoms with Crippen molar-refractivity contribution in [1.29, 1.82) is 0 Å². The molecule has 124 valence electrons. The molecule has 7 heteroatoms. The number of rotatable bonds is 5. The number of hydrogen-bond donors (Lipinski definition) is 3. The third-order valence-corrected chi connectivity index (χ3v) is 5.16. The number of hydrogen-bond acceptors (Lipinski definition) is 5. The van der Waals surface area contributed by atoms with Crippen LogP contribution in [0.4, 0.5) is 11.5 Å². The molecule has 0 radical (unpaired) electrons. The fraction of sp³-hybridized carbons (Fsp3) is 0.312. The first-order valence-electron chi connectivity index (χ1n) is 7.23. The van der Waals surface area contributed by atoms with Gasteiger partial charge in [0, 0.05) is 0 Å². The summed E-state index contributed by atoms with van der Waals surface area (Å²) in [5.41, 5.74) is 8.01. The van der Waals surface area contributed by atoms with Crippen molar-refractivity contribution in [2.24, 2.45) is 0 Å². The van der Waals surface area contributed by atoms with Gasteiger partial charge >= 0.3 is 0 Å². The molecule has 1 aromatic carbocycles. The summed E-state index contributed by atoms with van der Waals surface area (Å²) in [7, 11) is -3.56. The highest BCUT2D eigenvalue weighted by Gasteiger charge is 2.20. The van der Waals surface area contributed by atoms with E-state index in [2.05, 4.69) is 9.71 Å². The Hall–Kier alpha value is -2.12. The van der Waals surface area contributed by atoms with Gasteiger partial charge in [-0.1, -0.05) is 29.8 Å². The Morgan fingerprint density at radius 3 is 2.52 bits per heavy atom. The number of sulfonamides is 1. The molecular formula is C16H21N3O3S. The second-order valence-corrected chi connectivity index (χ2v) is 7.92. The van der Waals surface area contributed by atoms with E-state index in [0.29, 0.717) is 11.3 Å². The average molecular weight is 335 g/mol. The van der Waals surface area contributed by atoms with Gasteiger partial charge in [-0.15, -0.1) is 0 Å². The Morgan fingerprint density at radius 2 is 1.91 bits per heavy atom. The minimum absolute atomic E-state index is 0.0305. The van der Waals surface area contributed by atoms with E-state index in [9.17, 15) is 13.5 Å². The maximum Gasteiger partial charge on any atom is 0.236 e. The van der Waals surface area contributed by atoms with Crippen molar-refractivity contribution in [1.82, 2.24) is 4.98 Å². The van der Waals surface area contributed by atoms with Gasteiger partial charge in [0.15, 0.2) is 5.82 Å². The Kier molecular flexibility index (Phi) is 4.91. The molecule has 0 amide bonds. The number of nitrogens with one attached hydrogen (secondary N) is 1. The van der Waals surface area contributed by atoms with Gasteiger partial charge in [-0.3, -0.25) is 4.72 Å². The highest BCUT2D eigenvalue weighted by atomic mass is 32.2. The van der Waals surface area contributed by atoms with Crippen LogP contribution in [0.1, 0.15) is 36.8 Å². The van der Waals surface area contributed by atoms with Crippen LogP contribution in [0.25, 0.3) is 0 Å². The predicted octanol–water partition coefficient (Wildman–Crippen LogP) is 2.20. The van der Waals surface area contributed by atoms with Crippen molar-refractivity contribution in [2.45, 2.75) is 32.1 Å². The number of aryl methyl sites for hydroxylation is 1. The van der Waals surface area contributed by atoms with Crippen LogP contribution in [-0.4, -0.2) is 23.8 Å². The summed E-state index contributed by atoms with van der Waals surface area (Å²) in [4.78, 5) is 4.18. The van der Waals surface area contributed by atoms with Gasteiger partial charge in [-0.25, -0.2) is 13.4 Å². The first-order chi connectivity index (χ1) is 10.7. The van der Waals surface area contributed by atoms with Gasteiger partial charge < -0.3 is 10.8 Å². The number of aromatic nitrogens is 1. The normalized spacial score (nSPS) is 13.1. The van der Waals surface area contributed by atoms with Crippen LogP contribution >= 0.6 is 0 Å². The van der Waals surface area contributed by atoms with E-state index in [1.807, 2.05) is 25.1 Å². The summed E-state index contributed by atoms with van der Waals surface area (Å²) in [6, 6.07) is 10.5. The van der Waals surface area contributed by atoms with E-state index in [0.717, 1.165) is 5.56 Å². The molecule has 4 N–H and O–H groups in total. The van der Waals surface area contributed by atoms with Gasteiger partial charge in [0.2, 0.25) is 10.0 Å². The highest BCUT2D eigenvalue weighted by molar-refractivity contribution is 7.93. The third kappa shape index (κ3) is 4.00. The van der Waals surface area contributed by atoms with Gasteiger partial charge in [-0.2, -0.15) is 0 Å². The zero-order valence-electron chi connectivity index (χ0n) is 13.3. The second kappa shape index (κ2) is 6.55. The molecule has 0 aliphatic heterocycles. The number of benzene rings is 1. The largest absolute Gasteiger partial charge is 0.396 e. The molecule has 1 unspecified atom stereocenters. The summed E-state index contributed by atoms with van der Waals surface area (Å²) in [6.45, 7) is 5.04. The van der Waals surface area contributed by atoms with Gasteiger partial charge in [-0.05, 0) is 38.5 Å². The maximum absolute atomic E-state index is 12.0. The van der Waals surface area contributed by atoms with E-state index in [1.165, 1.54) is 6.07 Å². The molecule has 0 saturated heterocycles. The minimum atomic E-state index is -3.56. The molecule has 1 heterocycles. The van der Waals surface area contributed by atoms with E-state index in [4.69, 9.17) is 5.73 Å². The van der Waals surface area contributed by atoms with Crippen molar-refractivity contribution in [3.05, 3.63) is 53.2 Å². The molecule has 2 aromatic rings. The first kappa shape index (κ1) is 17.2. The molecule has 0 aliphatic carbocycles. The third-order valence-electron chi connectivity index (χ3n) is 3.45. The predicted molar refractivity (Wildman–Crippen MR) is 91.6 cm³/mol. The van der Waals surface area contributed by atoms with Crippen molar-refractivity contribution in [3.8, 4) is 0 Å². The fourth-order valence-electron chi connectivity index (χ4n) is 1.98. The molecule has 6 nitrogen and oxygen atoms in total. The van der Waals surface area contributed by atoms with Crippen molar-refractivity contribution in [3.63, 3.8) is 0 Å². The zero-order chi connectivity index (χ0) is 17.2.